The van der Waals surface area contributed by atoms with Gasteiger partial charge in [0.2, 0.25) is 0 Å². The van der Waals surface area contributed by atoms with Gasteiger partial charge < -0.3 is 9.80 Å². The van der Waals surface area contributed by atoms with Gasteiger partial charge in [-0.1, -0.05) is 24.3 Å². The molecule has 0 N–H and O–H groups in total. The van der Waals surface area contributed by atoms with E-state index in [4.69, 9.17) is 0 Å². The zero-order valence-corrected chi connectivity index (χ0v) is 16.4. The molecule has 0 heterocycles. The molecule has 0 aromatic heterocycles. The lowest BCUT2D eigenvalue weighted by Crippen LogP contribution is -2.21. The van der Waals surface area contributed by atoms with Crippen LogP contribution < -0.4 is 9.80 Å². The summed E-state index contributed by atoms with van der Waals surface area (Å²) in [6.07, 6.45) is 3.57. The zero-order chi connectivity index (χ0) is 18.8. The number of anilines is 2. The predicted octanol–water partition coefficient (Wildman–Crippen LogP) is 4.83. The number of hydrogen-bond acceptors (Lipinski definition) is 4. The molecular weight excluding hydrogens is 320 g/mol. The second-order valence-electron chi connectivity index (χ2n) is 6.02. The quantitative estimate of drug-likeness (QED) is 0.479. The summed E-state index contributed by atoms with van der Waals surface area (Å²) in [7, 11) is 0. The lowest BCUT2D eigenvalue weighted by atomic mass is 10.2. The summed E-state index contributed by atoms with van der Waals surface area (Å²) in [6.45, 7) is 12.7. The molecule has 2 aromatic carbocycles. The van der Waals surface area contributed by atoms with Crippen LogP contribution in [-0.2, 0) is 0 Å². The minimum Gasteiger partial charge on any atom is -0.372 e. The van der Waals surface area contributed by atoms with Crippen LogP contribution in [0.1, 0.15) is 38.8 Å². The minimum atomic E-state index is 1.02. The summed E-state index contributed by atoms with van der Waals surface area (Å²) in [4.78, 5) is 4.64. The molecule has 26 heavy (non-hydrogen) atoms. The minimum absolute atomic E-state index is 1.02. The molecule has 0 atom stereocenters. The summed E-state index contributed by atoms with van der Waals surface area (Å²) >= 11 is 0. The highest BCUT2D eigenvalue weighted by atomic mass is 15.2. The van der Waals surface area contributed by atoms with Crippen molar-refractivity contribution in [2.24, 2.45) is 10.2 Å². The van der Waals surface area contributed by atoms with Gasteiger partial charge in [0.1, 0.15) is 0 Å². The van der Waals surface area contributed by atoms with Crippen molar-refractivity contribution >= 4 is 23.8 Å². The van der Waals surface area contributed by atoms with E-state index in [2.05, 4.69) is 96.2 Å². The van der Waals surface area contributed by atoms with E-state index < -0.39 is 0 Å². The van der Waals surface area contributed by atoms with E-state index in [9.17, 15) is 0 Å². The summed E-state index contributed by atoms with van der Waals surface area (Å²) < 4.78 is 0. The SMILES string of the molecule is CCN(CC)c1ccc(C=NN=Cc2ccc(N(CC)CC)cc2)cc1. The standard InChI is InChI=1S/C22H30N4/c1-5-25(6-2)21-13-9-19(10-14-21)17-23-24-18-20-11-15-22(16-12-20)26(7-3)8-4/h9-18H,5-8H2,1-4H3. The van der Waals surface area contributed by atoms with Crippen molar-refractivity contribution in [2.45, 2.75) is 27.7 Å². The molecule has 138 valence electrons. The Bertz CT molecular complexity index is 630. The first-order valence-corrected chi connectivity index (χ1v) is 9.48. The van der Waals surface area contributed by atoms with Gasteiger partial charge in [-0.05, 0) is 63.1 Å². The zero-order valence-electron chi connectivity index (χ0n) is 16.4. The van der Waals surface area contributed by atoms with E-state index in [1.54, 1.807) is 12.4 Å². The maximum atomic E-state index is 4.16. The predicted molar refractivity (Wildman–Crippen MR) is 115 cm³/mol. The van der Waals surface area contributed by atoms with Crippen LogP contribution >= 0.6 is 0 Å². The fourth-order valence-electron chi connectivity index (χ4n) is 2.92. The third kappa shape index (κ3) is 5.45. The van der Waals surface area contributed by atoms with Crippen LogP contribution in [0.2, 0.25) is 0 Å². The van der Waals surface area contributed by atoms with Gasteiger partial charge in [0, 0.05) is 37.6 Å². The van der Waals surface area contributed by atoms with Crippen molar-refractivity contribution in [1.82, 2.24) is 0 Å². The first kappa shape index (κ1) is 19.7. The largest absolute Gasteiger partial charge is 0.372 e. The molecule has 0 fully saturated rings. The van der Waals surface area contributed by atoms with Crippen molar-refractivity contribution in [3.8, 4) is 0 Å². The lowest BCUT2D eigenvalue weighted by molar-refractivity contribution is 0.866. The monoisotopic (exact) mass is 350 g/mol. The normalized spacial score (nSPS) is 11.4. The van der Waals surface area contributed by atoms with Gasteiger partial charge in [0.05, 0.1) is 12.4 Å². The number of benzene rings is 2. The summed E-state index contributed by atoms with van der Waals surface area (Å²) in [5, 5.41) is 8.32. The molecule has 4 nitrogen and oxygen atoms in total. The molecule has 0 unspecified atom stereocenters. The molecule has 4 heteroatoms. The van der Waals surface area contributed by atoms with Crippen LogP contribution in [0.15, 0.2) is 58.7 Å². The van der Waals surface area contributed by atoms with Crippen LogP contribution in [0.3, 0.4) is 0 Å². The molecule has 0 radical (unpaired) electrons. The smallest absolute Gasteiger partial charge is 0.0568 e. The Labute approximate surface area is 157 Å². The first-order chi connectivity index (χ1) is 12.7. The number of nitrogens with zero attached hydrogens (tertiary/aromatic N) is 4. The van der Waals surface area contributed by atoms with Crippen molar-refractivity contribution in [2.75, 3.05) is 36.0 Å². The number of hydrogen-bond donors (Lipinski definition) is 0. The highest BCUT2D eigenvalue weighted by molar-refractivity contribution is 5.83. The van der Waals surface area contributed by atoms with Crippen LogP contribution in [0, 0.1) is 0 Å². The molecule has 0 spiro atoms. The summed E-state index contributed by atoms with van der Waals surface area (Å²) in [5.41, 5.74) is 4.58. The van der Waals surface area contributed by atoms with Crippen LogP contribution in [0.25, 0.3) is 0 Å². The highest BCUT2D eigenvalue weighted by Crippen LogP contribution is 2.15. The van der Waals surface area contributed by atoms with Crippen molar-refractivity contribution in [1.29, 1.82) is 0 Å². The second-order valence-corrected chi connectivity index (χ2v) is 6.02. The van der Waals surface area contributed by atoms with Gasteiger partial charge in [-0.25, -0.2) is 0 Å². The molecule has 2 rings (SSSR count). The van der Waals surface area contributed by atoms with E-state index in [1.807, 2.05) is 0 Å². The highest BCUT2D eigenvalue weighted by Gasteiger charge is 2.01. The average molecular weight is 351 g/mol. The third-order valence-electron chi connectivity index (χ3n) is 4.52. The van der Waals surface area contributed by atoms with Gasteiger partial charge in [-0.2, -0.15) is 10.2 Å². The Morgan fingerprint density at radius 1 is 0.577 bits per heavy atom. The Morgan fingerprint density at radius 2 is 0.885 bits per heavy atom. The average Bonchev–Trinajstić information content (AvgIpc) is 2.69. The maximum absolute atomic E-state index is 4.16. The third-order valence-corrected chi connectivity index (χ3v) is 4.52. The molecule has 0 bridgehead atoms. The van der Waals surface area contributed by atoms with Crippen LogP contribution in [0.4, 0.5) is 11.4 Å². The Kier molecular flexibility index (Phi) is 7.87. The first-order valence-electron chi connectivity index (χ1n) is 9.48. The molecule has 0 saturated heterocycles. The molecule has 2 aromatic rings. The van der Waals surface area contributed by atoms with Crippen molar-refractivity contribution in [3.63, 3.8) is 0 Å². The van der Waals surface area contributed by atoms with Gasteiger partial charge in [0.15, 0.2) is 0 Å². The molecule has 0 amide bonds. The Hall–Kier alpha value is -2.62. The fourth-order valence-corrected chi connectivity index (χ4v) is 2.92. The van der Waals surface area contributed by atoms with E-state index in [1.165, 1.54) is 11.4 Å². The van der Waals surface area contributed by atoms with Crippen molar-refractivity contribution < 1.29 is 0 Å². The van der Waals surface area contributed by atoms with Gasteiger partial charge in [0.25, 0.3) is 0 Å². The van der Waals surface area contributed by atoms with E-state index in [-0.39, 0.29) is 0 Å². The number of rotatable bonds is 9. The Morgan fingerprint density at radius 3 is 1.15 bits per heavy atom. The van der Waals surface area contributed by atoms with Crippen LogP contribution in [-0.4, -0.2) is 38.6 Å². The van der Waals surface area contributed by atoms with E-state index in [0.717, 1.165) is 37.3 Å². The second kappa shape index (κ2) is 10.4. The summed E-state index contributed by atoms with van der Waals surface area (Å²) in [5.74, 6) is 0. The van der Waals surface area contributed by atoms with Crippen LogP contribution in [0.5, 0.6) is 0 Å². The van der Waals surface area contributed by atoms with E-state index in [0.29, 0.717) is 0 Å². The molecule has 0 saturated carbocycles. The lowest BCUT2D eigenvalue weighted by Gasteiger charge is -2.20. The van der Waals surface area contributed by atoms with Gasteiger partial charge in [-0.3, -0.25) is 0 Å². The van der Waals surface area contributed by atoms with Gasteiger partial charge in [-0.15, -0.1) is 0 Å². The molecule has 0 aliphatic carbocycles. The van der Waals surface area contributed by atoms with Gasteiger partial charge >= 0.3 is 0 Å². The molecular formula is C22H30N4. The fraction of sp³-hybridized carbons (Fsp3) is 0.364. The Balaban J connectivity index is 1.95. The molecule has 0 aliphatic heterocycles. The maximum Gasteiger partial charge on any atom is 0.0568 e. The van der Waals surface area contributed by atoms with Crippen molar-refractivity contribution in [3.05, 3.63) is 59.7 Å². The van der Waals surface area contributed by atoms with E-state index >= 15 is 0 Å². The topological polar surface area (TPSA) is 31.2 Å². The summed E-state index contributed by atoms with van der Waals surface area (Å²) in [6, 6.07) is 16.8. The molecule has 0 aliphatic rings.